The topological polar surface area (TPSA) is 72.5 Å². The second kappa shape index (κ2) is 6.39. The molecule has 0 aromatic heterocycles. The van der Waals surface area contributed by atoms with Crippen LogP contribution in [0.5, 0.6) is 0 Å². The lowest BCUT2D eigenvalue weighted by atomic mass is 10.2. The van der Waals surface area contributed by atoms with Crippen molar-refractivity contribution < 1.29 is 17.9 Å². The van der Waals surface area contributed by atoms with Gasteiger partial charge in [-0.3, -0.25) is 9.52 Å². The zero-order valence-corrected chi connectivity index (χ0v) is 11.3. The Hall–Kier alpha value is -1.56. The maximum Gasteiger partial charge on any atom is 0.305 e. The van der Waals surface area contributed by atoms with Gasteiger partial charge in [-0.1, -0.05) is 18.2 Å². The van der Waals surface area contributed by atoms with E-state index in [1.807, 2.05) is 19.1 Å². The molecule has 1 aromatic rings. The lowest BCUT2D eigenvalue weighted by molar-refractivity contribution is -0.140. The van der Waals surface area contributed by atoms with Crippen molar-refractivity contribution >= 4 is 21.7 Å². The minimum absolute atomic E-state index is 0.101. The molecule has 0 bridgehead atoms. The summed E-state index contributed by atoms with van der Waals surface area (Å²) >= 11 is 0. The standard InChI is InChI=1S/C12H17NO4S/c1-10-6-3-4-7-11(10)13-18(15,16)9-5-8-12(14)17-2/h3-4,6-7,13H,5,8-9H2,1-2H3. The number of hydrogen-bond donors (Lipinski definition) is 1. The van der Waals surface area contributed by atoms with E-state index in [0.29, 0.717) is 5.69 Å². The van der Waals surface area contributed by atoms with Crippen LogP contribution in [-0.4, -0.2) is 27.2 Å². The molecule has 0 heterocycles. The van der Waals surface area contributed by atoms with E-state index in [0.717, 1.165) is 5.56 Å². The van der Waals surface area contributed by atoms with Gasteiger partial charge in [-0.2, -0.15) is 0 Å². The van der Waals surface area contributed by atoms with E-state index >= 15 is 0 Å². The molecule has 0 aliphatic carbocycles. The van der Waals surface area contributed by atoms with Crippen LogP contribution in [0.3, 0.4) is 0 Å². The van der Waals surface area contributed by atoms with Gasteiger partial charge in [-0.05, 0) is 25.0 Å². The van der Waals surface area contributed by atoms with Crippen molar-refractivity contribution in [3.63, 3.8) is 0 Å². The summed E-state index contributed by atoms with van der Waals surface area (Å²) in [6, 6.07) is 7.13. The van der Waals surface area contributed by atoms with Crippen molar-refractivity contribution in [2.45, 2.75) is 19.8 Å². The SMILES string of the molecule is COC(=O)CCCS(=O)(=O)Nc1ccccc1C. The second-order valence-corrected chi connectivity index (χ2v) is 5.76. The first-order valence-electron chi connectivity index (χ1n) is 5.57. The van der Waals surface area contributed by atoms with E-state index in [2.05, 4.69) is 9.46 Å². The highest BCUT2D eigenvalue weighted by Gasteiger charge is 2.12. The van der Waals surface area contributed by atoms with Gasteiger partial charge in [0.05, 0.1) is 18.6 Å². The molecule has 100 valence electrons. The van der Waals surface area contributed by atoms with E-state index in [-0.39, 0.29) is 18.6 Å². The Morgan fingerprint density at radius 2 is 2.00 bits per heavy atom. The highest BCUT2D eigenvalue weighted by atomic mass is 32.2. The number of sulfonamides is 1. The second-order valence-electron chi connectivity index (χ2n) is 3.92. The number of carbonyl (C=O) groups excluding carboxylic acids is 1. The smallest absolute Gasteiger partial charge is 0.305 e. The van der Waals surface area contributed by atoms with Crippen LogP contribution in [-0.2, 0) is 19.6 Å². The predicted molar refractivity (Wildman–Crippen MR) is 69.8 cm³/mol. The summed E-state index contributed by atoms with van der Waals surface area (Å²) in [6.45, 7) is 1.83. The van der Waals surface area contributed by atoms with Crippen molar-refractivity contribution in [1.29, 1.82) is 0 Å². The molecule has 0 atom stereocenters. The number of anilines is 1. The number of para-hydroxylation sites is 1. The van der Waals surface area contributed by atoms with Gasteiger partial charge < -0.3 is 4.74 Å². The summed E-state index contributed by atoms with van der Waals surface area (Å²) < 4.78 is 30.5. The highest BCUT2D eigenvalue weighted by molar-refractivity contribution is 7.92. The van der Waals surface area contributed by atoms with Crippen molar-refractivity contribution in [3.05, 3.63) is 29.8 Å². The third-order valence-electron chi connectivity index (χ3n) is 2.43. The third kappa shape index (κ3) is 4.75. The van der Waals surface area contributed by atoms with E-state index in [9.17, 15) is 13.2 Å². The van der Waals surface area contributed by atoms with E-state index in [1.165, 1.54) is 7.11 Å². The number of hydrogen-bond acceptors (Lipinski definition) is 4. The first kappa shape index (κ1) is 14.5. The van der Waals surface area contributed by atoms with Gasteiger partial charge in [-0.15, -0.1) is 0 Å². The molecule has 6 heteroatoms. The molecular weight excluding hydrogens is 254 g/mol. The van der Waals surface area contributed by atoms with E-state index in [1.54, 1.807) is 12.1 Å². The van der Waals surface area contributed by atoms with Crippen LogP contribution in [0.2, 0.25) is 0 Å². The summed E-state index contributed by atoms with van der Waals surface area (Å²) in [6.07, 6.45) is 0.346. The Morgan fingerprint density at radius 1 is 1.33 bits per heavy atom. The Bertz CT molecular complexity index is 511. The molecule has 0 aliphatic heterocycles. The van der Waals surface area contributed by atoms with Crippen LogP contribution in [0.15, 0.2) is 24.3 Å². The van der Waals surface area contributed by atoms with Crippen molar-refractivity contribution in [3.8, 4) is 0 Å². The van der Waals surface area contributed by atoms with Gasteiger partial charge in [0.25, 0.3) is 0 Å². The monoisotopic (exact) mass is 271 g/mol. The summed E-state index contributed by atoms with van der Waals surface area (Å²) in [5.41, 5.74) is 1.42. The highest BCUT2D eigenvalue weighted by Crippen LogP contribution is 2.15. The molecule has 1 N–H and O–H groups in total. The molecule has 0 unspecified atom stereocenters. The average Bonchev–Trinajstić information content (AvgIpc) is 2.31. The molecule has 0 radical (unpaired) electrons. The normalized spacial score (nSPS) is 11.0. The Labute approximate surface area is 107 Å². The third-order valence-corrected chi connectivity index (χ3v) is 3.79. The number of esters is 1. The van der Waals surface area contributed by atoms with Crippen molar-refractivity contribution in [2.24, 2.45) is 0 Å². The fraction of sp³-hybridized carbons (Fsp3) is 0.417. The average molecular weight is 271 g/mol. The first-order valence-corrected chi connectivity index (χ1v) is 7.23. The van der Waals surface area contributed by atoms with Crippen LogP contribution in [0.4, 0.5) is 5.69 Å². The lowest BCUT2D eigenvalue weighted by Gasteiger charge is -2.09. The van der Waals surface area contributed by atoms with Gasteiger partial charge in [0.15, 0.2) is 0 Å². The molecule has 1 rings (SSSR count). The van der Waals surface area contributed by atoms with E-state index in [4.69, 9.17) is 0 Å². The number of nitrogens with one attached hydrogen (secondary N) is 1. The molecule has 0 spiro atoms. The molecule has 0 saturated carbocycles. The van der Waals surface area contributed by atoms with Gasteiger partial charge in [0, 0.05) is 6.42 Å². The van der Waals surface area contributed by atoms with Crippen LogP contribution in [0.25, 0.3) is 0 Å². The molecular formula is C12H17NO4S. The number of carbonyl (C=O) groups is 1. The molecule has 0 saturated heterocycles. The molecule has 18 heavy (non-hydrogen) atoms. The molecule has 0 aliphatic rings. The summed E-state index contributed by atoms with van der Waals surface area (Å²) in [7, 11) is -2.14. The number of ether oxygens (including phenoxy) is 1. The first-order chi connectivity index (χ1) is 8.44. The van der Waals surface area contributed by atoms with Crippen molar-refractivity contribution in [1.82, 2.24) is 0 Å². The summed E-state index contributed by atoms with van der Waals surface area (Å²) in [5, 5.41) is 0. The number of aryl methyl sites for hydroxylation is 1. The molecule has 0 fully saturated rings. The largest absolute Gasteiger partial charge is 0.469 e. The van der Waals surface area contributed by atoms with Gasteiger partial charge >= 0.3 is 5.97 Å². The number of rotatable bonds is 6. The summed E-state index contributed by atoms with van der Waals surface area (Å²) in [4.78, 5) is 10.9. The van der Waals surface area contributed by atoms with Crippen LogP contribution >= 0.6 is 0 Å². The Morgan fingerprint density at radius 3 is 2.61 bits per heavy atom. The van der Waals surface area contributed by atoms with Crippen LogP contribution in [0.1, 0.15) is 18.4 Å². The van der Waals surface area contributed by atoms with Gasteiger partial charge in [0.1, 0.15) is 0 Å². The van der Waals surface area contributed by atoms with Gasteiger partial charge in [-0.25, -0.2) is 8.42 Å². The molecule has 5 nitrogen and oxygen atoms in total. The minimum atomic E-state index is -3.42. The predicted octanol–water partition coefficient (Wildman–Crippen LogP) is 1.69. The zero-order chi connectivity index (χ0) is 13.6. The van der Waals surface area contributed by atoms with Crippen LogP contribution < -0.4 is 4.72 Å². The maximum absolute atomic E-state index is 11.8. The summed E-state index contributed by atoms with van der Waals surface area (Å²) in [5.74, 6) is -0.503. The van der Waals surface area contributed by atoms with E-state index < -0.39 is 16.0 Å². The lowest BCUT2D eigenvalue weighted by Crippen LogP contribution is -2.18. The number of methoxy groups -OCH3 is 1. The quantitative estimate of drug-likeness (QED) is 0.799. The Balaban J connectivity index is 2.55. The number of benzene rings is 1. The van der Waals surface area contributed by atoms with Crippen molar-refractivity contribution in [2.75, 3.05) is 17.6 Å². The minimum Gasteiger partial charge on any atom is -0.469 e. The molecule has 1 aromatic carbocycles. The zero-order valence-electron chi connectivity index (χ0n) is 10.5. The molecule has 0 amide bonds. The van der Waals surface area contributed by atoms with Gasteiger partial charge in [0.2, 0.25) is 10.0 Å². The fourth-order valence-corrected chi connectivity index (χ4v) is 2.61. The van der Waals surface area contributed by atoms with Crippen LogP contribution in [0, 0.1) is 6.92 Å². The fourth-order valence-electron chi connectivity index (χ4n) is 1.41. The Kier molecular flexibility index (Phi) is 5.15. The maximum atomic E-state index is 11.8.